The van der Waals surface area contributed by atoms with Crippen LogP contribution in [0.15, 0.2) is 35.4 Å². The van der Waals surface area contributed by atoms with Crippen LogP contribution >= 0.6 is 0 Å². The number of nitrogens with zero attached hydrogens (tertiary/aromatic N) is 3. The molecule has 4 rings (SSSR count). The molecule has 3 saturated heterocycles. The van der Waals surface area contributed by atoms with E-state index in [0.717, 1.165) is 31.2 Å². The smallest absolute Gasteiger partial charge is 0.338 e. The van der Waals surface area contributed by atoms with E-state index in [1.807, 2.05) is 44.2 Å². The van der Waals surface area contributed by atoms with Gasteiger partial charge in [0, 0.05) is 18.1 Å². The standard InChI is InChI=1S/C27H39N3O10/c1-3-5-12-34-22-20(32)23(25(33)36-14-16-10-8-7-9-11-16)40-27(24(22)35-13-6-4-2)39-21-17-15-37-26(38-17)18(19(21)31)29-30-28/h7-11,17-24,26-27,31-32H,3-6,12-15H2,1-2H3. The van der Waals surface area contributed by atoms with E-state index in [1.165, 1.54) is 0 Å². The van der Waals surface area contributed by atoms with E-state index in [-0.39, 0.29) is 13.2 Å². The maximum atomic E-state index is 13.2. The van der Waals surface area contributed by atoms with Crippen LogP contribution in [-0.2, 0) is 44.6 Å². The number of esters is 1. The highest BCUT2D eigenvalue weighted by Gasteiger charge is 2.55. The molecule has 0 radical (unpaired) electrons. The van der Waals surface area contributed by atoms with E-state index in [9.17, 15) is 15.0 Å². The van der Waals surface area contributed by atoms with Gasteiger partial charge < -0.3 is 43.4 Å². The summed E-state index contributed by atoms with van der Waals surface area (Å²) >= 11 is 0. The minimum Gasteiger partial charge on any atom is -0.459 e. The lowest BCUT2D eigenvalue weighted by Gasteiger charge is -2.46. The van der Waals surface area contributed by atoms with Crippen LogP contribution in [0.3, 0.4) is 0 Å². The van der Waals surface area contributed by atoms with Gasteiger partial charge in [0.15, 0.2) is 18.7 Å². The topological polar surface area (TPSA) is 171 Å². The van der Waals surface area contributed by atoms with E-state index in [4.69, 9.17) is 38.7 Å². The van der Waals surface area contributed by atoms with Gasteiger partial charge in [0.25, 0.3) is 0 Å². The van der Waals surface area contributed by atoms with Gasteiger partial charge >= 0.3 is 5.97 Å². The molecular weight excluding hydrogens is 526 g/mol. The number of carbonyl (C=O) groups excluding carboxylic acids is 1. The third kappa shape index (κ3) is 7.30. The summed E-state index contributed by atoms with van der Waals surface area (Å²) in [5, 5.41) is 25.9. The number of fused-ring (bicyclic) bond motifs is 2. The first-order valence-electron chi connectivity index (χ1n) is 13.9. The van der Waals surface area contributed by atoms with Crippen LogP contribution in [0.25, 0.3) is 10.4 Å². The van der Waals surface area contributed by atoms with Gasteiger partial charge in [0.1, 0.15) is 43.2 Å². The van der Waals surface area contributed by atoms with Crippen molar-refractivity contribution in [1.29, 1.82) is 0 Å². The van der Waals surface area contributed by atoms with Crippen LogP contribution in [0.5, 0.6) is 0 Å². The molecule has 0 saturated carbocycles. The van der Waals surface area contributed by atoms with Gasteiger partial charge in [-0.25, -0.2) is 4.79 Å². The summed E-state index contributed by atoms with van der Waals surface area (Å²) in [5.74, 6) is -0.794. The number of aliphatic hydroxyl groups excluding tert-OH is 2. The van der Waals surface area contributed by atoms with Crippen LogP contribution in [0.4, 0.5) is 0 Å². The van der Waals surface area contributed by atoms with Crippen LogP contribution in [0.2, 0.25) is 0 Å². The van der Waals surface area contributed by atoms with Crippen LogP contribution in [0, 0.1) is 0 Å². The number of benzene rings is 1. The predicted molar refractivity (Wildman–Crippen MR) is 139 cm³/mol. The number of aliphatic hydroxyl groups is 2. The third-order valence-electron chi connectivity index (χ3n) is 7.13. The molecule has 222 valence electrons. The van der Waals surface area contributed by atoms with E-state index >= 15 is 0 Å². The summed E-state index contributed by atoms with van der Waals surface area (Å²) in [6.07, 6.45) is -6.76. The second-order valence-corrected chi connectivity index (χ2v) is 10.0. The lowest BCUT2D eigenvalue weighted by Crippen LogP contribution is -2.64. The Morgan fingerprint density at radius 2 is 1.73 bits per heavy atom. The normalized spacial score (nSPS) is 35.2. The predicted octanol–water partition coefficient (Wildman–Crippen LogP) is 2.37. The van der Waals surface area contributed by atoms with Gasteiger partial charge in [-0.3, -0.25) is 0 Å². The highest BCUT2D eigenvalue weighted by atomic mass is 16.8. The molecule has 0 amide bonds. The molecule has 0 spiro atoms. The maximum Gasteiger partial charge on any atom is 0.338 e. The molecular formula is C27H39N3O10. The molecule has 13 heteroatoms. The summed E-state index contributed by atoms with van der Waals surface area (Å²) in [6.45, 7) is 4.75. The van der Waals surface area contributed by atoms with Crippen molar-refractivity contribution in [2.75, 3.05) is 19.8 Å². The molecule has 10 atom stereocenters. The van der Waals surface area contributed by atoms with E-state index < -0.39 is 67.3 Å². The van der Waals surface area contributed by atoms with Crippen LogP contribution < -0.4 is 0 Å². The van der Waals surface area contributed by atoms with Gasteiger partial charge in [-0.1, -0.05) is 62.1 Å². The number of azide groups is 1. The molecule has 2 N–H and O–H groups in total. The van der Waals surface area contributed by atoms with Gasteiger partial charge in [-0.05, 0) is 23.9 Å². The van der Waals surface area contributed by atoms with Crippen molar-refractivity contribution in [2.45, 2.75) is 107 Å². The van der Waals surface area contributed by atoms with Crippen molar-refractivity contribution < 1.29 is 48.2 Å². The van der Waals surface area contributed by atoms with Crippen LogP contribution in [-0.4, -0.2) is 97.4 Å². The van der Waals surface area contributed by atoms with E-state index in [1.54, 1.807) is 0 Å². The molecule has 10 unspecified atom stereocenters. The Balaban J connectivity index is 1.57. The number of carbonyl (C=O) groups is 1. The molecule has 1 aromatic rings. The van der Waals surface area contributed by atoms with Crippen molar-refractivity contribution in [1.82, 2.24) is 0 Å². The molecule has 1 aromatic carbocycles. The zero-order valence-electron chi connectivity index (χ0n) is 22.8. The summed E-state index contributed by atoms with van der Waals surface area (Å²) in [6, 6.07) is 8.08. The first-order valence-corrected chi connectivity index (χ1v) is 13.9. The zero-order chi connectivity index (χ0) is 28.5. The fraction of sp³-hybridized carbons (Fsp3) is 0.741. The summed E-state index contributed by atoms with van der Waals surface area (Å²) in [4.78, 5) is 16.0. The molecule has 0 aromatic heterocycles. The number of hydrogen-bond donors (Lipinski definition) is 2. The fourth-order valence-electron chi connectivity index (χ4n) is 4.91. The number of unbranched alkanes of at least 4 members (excludes halogenated alkanes) is 2. The van der Waals surface area contributed by atoms with Crippen molar-refractivity contribution in [3.63, 3.8) is 0 Å². The summed E-state index contributed by atoms with van der Waals surface area (Å²) in [5.41, 5.74) is 9.75. The second kappa shape index (κ2) is 15.1. The molecule has 3 aliphatic rings. The third-order valence-corrected chi connectivity index (χ3v) is 7.13. The van der Waals surface area contributed by atoms with Crippen LogP contribution in [0.1, 0.15) is 45.1 Å². The quantitative estimate of drug-likeness (QED) is 0.112. The Morgan fingerprint density at radius 3 is 2.40 bits per heavy atom. The number of rotatable bonds is 14. The average molecular weight is 566 g/mol. The zero-order valence-corrected chi connectivity index (χ0v) is 22.8. The minimum absolute atomic E-state index is 0.0145. The Morgan fingerprint density at radius 1 is 1.02 bits per heavy atom. The van der Waals surface area contributed by atoms with Gasteiger partial charge in [0.2, 0.25) is 0 Å². The number of hydrogen-bond acceptors (Lipinski definition) is 11. The van der Waals surface area contributed by atoms with Gasteiger partial charge in [-0.2, -0.15) is 0 Å². The van der Waals surface area contributed by atoms with Crippen molar-refractivity contribution in [3.05, 3.63) is 46.3 Å². The van der Waals surface area contributed by atoms with E-state index in [2.05, 4.69) is 10.0 Å². The molecule has 0 aliphatic carbocycles. The van der Waals surface area contributed by atoms with Gasteiger partial charge in [0.05, 0.1) is 12.7 Å². The largest absolute Gasteiger partial charge is 0.459 e. The van der Waals surface area contributed by atoms with Crippen molar-refractivity contribution in [2.24, 2.45) is 5.11 Å². The van der Waals surface area contributed by atoms with Crippen molar-refractivity contribution >= 4 is 5.97 Å². The molecule has 2 bridgehead atoms. The molecule has 13 nitrogen and oxygen atoms in total. The Hall–Kier alpha value is -2.32. The Labute approximate surface area is 233 Å². The SMILES string of the molecule is CCCCOC1C(OC2C3COC(O3)C(N=[N+]=[N-])C2O)OC(C(=O)OCc2ccccc2)C(O)C1OCCCC. The molecule has 3 aliphatic heterocycles. The number of ether oxygens (including phenoxy) is 7. The molecule has 3 heterocycles. The van der Waals surface area contributed by atoms with Crippen molar-refractivity contribution in [3.8, 4) is 0 Å². The van der Waals surface area contributed by atoms with Gasteiger partial charge in [-0.15, -0.1) is 0 Å². The maximum absolute atomic E-state index is 13.2. The highest BCUT2D eigenvalue weighted by Crippen LogP contribution is 2.36. The lowest BCUT2D eigenvalue weighted by atomic mass is 9.96. The summed E-state index contributed by atoms with van der Waals surface area (Å²) < 4.78 is 41.2. The monoisotopic (exact) mass is 565 g/mol. The molecule has 40 heavy (non-hydrogen) atoms. The first-order chi connectivity index (χ1) is 19.5. The average Bonchev–Trinajstić information content (AvgIpc) is 3.41. The summed E-state index contributed by atoms with van der Waals surface area (Å²) in [7, 11) is 0. The second-order valence-electron chi connectivity index (χ2n) is 10.0. The van der Waals surface area contributed by atoms with E-state index in [0.29, 0.717) is 13.2 Å². The Bertz CT molecular complexity index is 981. The lowest BCUT2D eigenvalue weighted by molar-refractivity contribution is -0.336. The minimum atomic E-state index is -1.45. The molecule has 3 fully saturated rings. The fourth-order valence-corrected chi connectivity index (χ4v) is 4.91. The highest BCUT2D eigenvalue weighted by molar-refractivity contribution is 5.75. The first kappa shape index (κ1) is 30.6. The Kier molecular flexibility index (Phi) is 11.5.